The van der Waals surface area contributed by atoms with Crippen LogP contribution >= 0.6 is 0 Å². The summed E-state index contributed by atoms with van der Waals surface area (Å²) in [4.78, 5) is 43.3. The predicted octanol–water partition coefficient (Wildman–Crippen LogP) is 4.89. The van der Waals surface area contributed by atoms with Gasteiger partial charge in [0.1, 0.15) is 17.7 Å². The highest BCUT2D eigenvalue weighted by Crippen LogP contribution is 2.37. The number of pyridine rings is 2. The molecule has 50 heavy (non-hydrogen) atoms. The van der Waals surface area contributed by atoms with E-state index in [-0.39, 0.29) is 34.2 Å². The number of benzene rings is 2. The van der Waals surface area contributed by atoms with E-state index < -0.39 is 27.8 Å². The van der Waals surface area contributed by atoms with Crippen molar-refractivity contribution in [2.75, 3.05) is 18.0 Å². The van der Waals surface area contributed by atoms with Crippen LogP contribution in [0.2, 0.25) is 0 Å². The van der Waals surface area contributed by atoms with Crippen LogP contribution in [-0.2, 0) is 16.6 Å². The van der Waals surface area contributed by atoms with E-state index in [1.54, 1.807) is 36.7 Å². The van der Waals surface area contributed by atoms with Gasteiger partial charge in [0, 0.05) is 84.2 Å². The van der Waals surface area contributed by atoms with Crippen LogP contribution in [0, 0.1) is 12.7 Å². The molecule has 0 unspecified atom stereocenters. The molecule has 7 rings (SSSR count). The molecule has 15 heteroatoms. The van der Waals surface area contributed by atoms with Gasteiger partial charge >= 0.3 is 6.09 Å². The Labute approximate surface area is 285 Å². The van der Waals surface area contributed by atoms with E-state index in [2.05, 4.69) is 30.6 Å². The summed E-state index contributed by atoms with van der Waals surface area (Å²) < 4.78 is 45.0. The molecule has 0 radical (unpaired) electrons. The minimum Gasteiger partial charge on any atom is -0.465 e. The Balaban J connectivity index is 1.36. The third kappa shape index (κ3) is 6.30. The molecule has 6 aromatic rings. The molecule has 0 saturated carbocycles. The SMILES string of the molecule is Cc1ccc(S(=O)(=O)n2cc(-c3cc(F)c4nccc(N5CCC[C@@H](NC(=O)O)C5)c4c3)c3cc(C(=O)NCc4cncnc4)cnc32)cc1. The zero-order valence-corrected chi connectivity index (χ0v) is 27.6. The van der Waals surface area contributed by atoms with Gasteiger partial charge in [-0.15, -0.1) is 0 Å². The van der Waals surface area contributed by atoms with E-state index >= 15 is 4.39 Å². The number of halogens is 1. The second-order valence-corrected chi connectivity index (χ2v) is 13.9. The van der Waals surface area contributed by atoms with E-state index in [0.717, 1.165) is 16.0 Å². The van der Waals surface area contributed by atoms with Crippen molar-refractivity contribution in [2.24, 2.45) is 0 Å². The van der Waals surface area contributed by atoms with E-state index in [1.165, 1.54) is 49.2 Å². The minimum atomic E-state index is -4.17. The number of hydrogen-bond donors (Lipinski definition) is 3. The van der Waals surface area contributed by atoms with Gasteiger partial charge in [-0.1, -0.05) is 17.7 Å². The quantitative estimate of drug-likeness (QED) is 0.199. The first-order valence-corrected chi connectivity index (χ1v) is 17.2. The number of fused-ring (bicyclic) bond motifs is 2. The fourth-order valence-electron chi connectivity index (χ4n) is 6.26. The van der Waals surface area contributed by atoms with E-state index in [9.17, 15) is 23.1 Å². The Kier molecular flexibility index (Phi) is 8.57. The maximum Gasteiger partial charge on any atom is 0.404 e. The summed E-state index contributed by atoms with van der Waals surface area (Å²) in [7, 11) is -4.17. The van der Waals surface area contributed by atoms with Crippen molar-refractivity contribution in [1.29, 1.82) is 0 Å². The van der Waals surface area contributed by atoms with Crippen LogP contribution in [0.1, 0.15) is 34.3 Å². The molecule has 1 saturated heterocycles. The lowest BCUT2D eigenvalue weighted by molar-refractivity contribution is 0.0950. The molecular weight excluding hydrogens is 664 g/mol. The summed E-state index contributed by atoms with van der Waals surface area (Å²) in [5.74, 6) is -1.10. The number of rotatable bonds is 8. The highest BCUT2D eigenvalue weighted by atomic mass is 32.2. The number of nitrogens with zero attached hydrogens (tertiary/aromatic N) is 6. The lowest BCUT2D eigenvalue weighted by Crippen LogP contribution is -2.47. The number of aromatic nitrogens is 5. The molecule has 4 aromatic heterocycles. The maximum absolute atomic E-state index is 16.0. The number of carbonyl (C=O) groups excluding carboxylic acids is 1. The summed E-state index contributed by atoms with van der Waals surface area (Å²) in [5.41, 5.74) is 3.21. The average Bonchev–Trinajstić information content (AvgIpc) is 3.51. The number of anilines is 1. The van der Waals surface area contributed by atoms with Crippen LogP contribution in [-0.4, -0.2) is 68.6 Å². The van der Waals surface area contributed by atoms with Crippen LogP contribution in [0.15, 0.2) is 90.7 Å². The first kappa shape index (κ1) is 32.6. The first-order chi connectivity index (χ1) is 24.1. The third-order valence-electron chi connectivity index (χ3n) is 8.70. The summed E-state index contributed by atoms with van der Waals surface area (Å²) in [6.07, 6.45) is 9.00. The Morgan fingerprint density at radius 2 is 1.80 bits per heavy atom. The monoisotopic (exact) mass is 694 g/mol. The fourth-order valence-corrected chi connectivity index (χ4v) is 7.59. The molecule has 0 aliphatic carbocycles. The molecule has 0 spiro atoms. The smallest absolute Gasteiger partial charge is 0.404 e. The molecular formula is C35H31FN8O5S. The highest BCUT2D eigenvalue weighted by molar-refractivity contribution is 7.90. The fraction of sp³-hybridized carbons (Fsp3) is 0.200. The zero-order chi connectivity index (χ0) is 35.0. The number of nitrogens with one attached hydrogen (secondary N) is 2. The van der Waals surface area contributed by atoms with Gasteiger partial charge in [-0.05, 0) is 61.7 Å². The molecule has 2 amide bonds. The van der Waals surface area contributed by atoms with Crippen LogP contribution in [0.3, 0.4) is 0 Å². The molecule has 13 nitrogen and oxygen atoms in total. The van der Waals surface area contributed by atoms with Crippen molar-refractivity contribution >= 4 is 49.6 Å². The van der Waals surface area contributed by atoms with Crippen molar-refractivity contribution < 1.29 is 27.5 Å². The van der Waals surface area contributed by atoms with Gasteiger partial charge in [0.05, 0.1) is 10.5 Å². The van der Waals surface area contributed by atoms with Gasteiger partial charge < -0.3 is 20.6 Å². The lowest BCUT2D eigenvalue weighted by Gasteiger charge is -2.34. The highest BCUT2D eigenvalue weighted by Gasteiger charge is 2.27. The largest absolute Gasteiger partial charge is 0.465 e. The summed E-state index contributed by atoms with van der Waals surface area (Å²) in [6.45, 7) is 3.00. The number of carbonyl (C=O) groups is 2. The van der Waals surface area contributed by atoms with Gasteiger partial charge in [0.25, 0.3) is 15.9 Å². The van der Waals surface area contributed by atoms with E-state index in [1.807, 2.05) is 11.8 Å². The van der Waals surface area contributed by atoms with Gasteiger partial charge in [-0.2, -0.15) is 0 Å². The van der Waals surface area contributed by atoms with Crippen molar-refractivity contribution in [3.8, 4) is 11.1 Å². The molecule has 3 N–H and O–H groups in total. The Bertz CT molecular complexity index is 2370. The second-order valence-electron chi connectivity index (χ2n) is 12.1. The average molecular weight is 695 g/mol. The number of amides is 2. The minimum absolute atomic E-state index is 0.0334. The van der Waals surface area contributed by atoms with Gasteiger partial charge in [0.2, 0.25) is 0 Å². The van der Waals surface area contributed by atoms with Crippen LogP contribution in [0.5, 0.6) is 0 Å². The standard InChI is InChI=1S/C35H31FN8O5S/c1-21-4-6-26(7-5-21)50(48,49)44-19-29(27-12-24(17-40-33(27)44)34(45)41-16-22-14-37-20-38-15-22)23-11-28-31(8-9-39-32(28)30(36)13-23)43-10-2-3-25(18-43)42-35(46)47/h4-9,11-15,17,19-20,25,42H,2-3,10,16,18H2,1H3,(H,41,45)(H,46,47)/t25-/m1/s1. The van der Waals surface area contributed by atoms with E-state index in [4.69, 9.17) is 0 Å². The maximum atomic E-state index is 16.0. The first-order valence-electron chi connectivity index (χ1n) is 15.8. The number of piperidine rings is 1. The second kappa shape index (κ2) is 13.2. The van der Waals surface area contributed by atoms with E-state index in [0.29, 0.717) is 52.7 Å². The van der Waals surface area contributed by atoms with Crippen molar-refractivity contribution in [3.63, 3.8) is 0 Å². The summed E-state index contributed by atoms with van der Waals surface area (Å²) >= 11 is 0. The van der Waals surface area contributed by atoms with Crippen LogP contribution < -0.4 is 15.5 Å². The van der Waals surface area contributed by atoms with Crippen LogP contribution in [0.25, 0.3) is 33.1 Å². The molecule has 5 heterocycles. The molecule has 254 valence electrons. The molecule has 1 aliphatic heterocycles. The number of hydrogen-bond acceptors (Lipinski definition) is 9. The number of carboxylic acid groups (broad SMARTS) is 1. The normalized spacial score (nSPS) is 14.9. The lowest BCUT2D eigenvalue weighted by atomic mass is 10.00. The summed E-state index contributed by atoms with van der Waals surface area (Å²) in [5, 5.41) is 15.4. The Morgan fingerprint density at radius 1 is 1.02 bits per heavy atom. The Hall–Kier alpha value is -5.96. The molecule has 1 fully saturated rings. The Morgan fingerprint density at radius 3 is 2.56 bits per heavy atom. The van der Waals surface area contributed by atoms with Crippen molar-refractivity contribution in [1.82, 2.24) is 34.5 Å². The van der Waals surface area contributed by atoms with Gasteiger partial charge in [-0.3, -0.25) is 9.78 Å². The van der Waals surface area contributed by atoms with Crippen molar-refractivity contribution in [3.05, 3.63) is 108 Å². The molecule has 2 aromatic carbocycles. The summed E-state index contributed by atoms with van der Waals surface area (Å²) in [6, 6.07) is 12.4. The van der Waals surface area contributed by atoms with Crippen molar-refractivity contribution in [2.45, 2.75) is 37.2 Å². The number of aryl methyl sites for hydroxylation is 1. The molecule has 1 aliphatic rings. The molecule has 0 bridgehead atoms. The topological polar surface area (TPSA) is 172 Å². The van der Waals surface area contributed by atoms with Gasteiger partial charge in [-0.25, -0.2) is 36.5 Å². The zero-order valence-electron chi connectivity index (χ0n) is 26.7. The van der Waals surface area contributed by atoms with Gasteiger partial charge in [0.15, 0.2) is 5.65 Å². The van der Waals surface area contributed by atoms with Crippen LogP contribution in [0.4, 0.5) is 14.9 Å². The third-order valence-corrected chi connectivity index (χ3v) is 10.4. The molecule has 1 atom stereocenters. The predicted molar refractivity (Wildman–Crippen MR) is 184 cm³/mol.